The minimum absolute atomic E-state index is 0.553. The number of pyridine rings is 1. The highest BCUT2D eigenvalue weighted by Gasteiger charge is 2.03. The van der Waals surface area contributed by atoms with Crippen molar-refractivity contribution in [3.63, 3.8) is 0 Å². The zero-order chi connectivity index (χ0) is 10.8. The topological polar surface area (TPSA) is 15.8 Å². The molecular weight excluding hydrogens is 216 g/mol. The highest BCUT2D eigenvalue weighted by molar-refractivity contribution is 7.71. The lowest BCUT2D eigenvalue weighted by molar-refractivity contribution is 0.509. The predicted octanol–water partition coefficient (Wildman–Crippen LogP) is 3.69. The molecule has 0 unspecified atom stereocenters. The van der Waals surface area contributed by atoms with E-state index in [1.54, 1.807) is 18.2 Å². The third-order valence-electron chi connectivity index (χ3n) is 2.00. The van der Waals surface area contributed by atoms with Gasteiger partial charge in [0.15, 0.2) is 11.6 Å². The van der Waals surface area contributed by atoms with E-state index in [1.165, 1.54) is 6.07 Å². The normalized spacial score (nSPS) is 10.3. The van der Waals surface area contributed by atoms with Gasteiger partial charge in [0.2, 0.25) is 0 Å². The second kappa shape index (κ2) is 3.90. The van der Waals surface area contributed by atoms with Gasteiger partial charge in [0.1, 0.15) is 4.64 Å². The van der Waals surface area contributed by atoms with Crippen LogP contribution in [0, 0.1) is 16.3 Å². The fourth-order valence-electron chi connectivity index (χ4n) is 1.28. The van der Waals surface area contributed by atoms with Crippen molar-refractivity contribution in [1.82, 2.24) is 4.98 Å². The van der Waals surface area contributed by atoms with Gasteiger partial charge in [0, 0.05) is 11.3 Å². The number of benzene rings is 1. The van der Waals surface area contributed by atoms with Crippen LogP contribution in [0.5, 0.6) is 0 Å². The number of rotatable bonds is 1. The second-order valence-corrected chi connectivity index (χ2v) is 3.50. The van der Waals surface area contributed by atoms with Crippen LogP contribution < -0.4 is 0 Å². The van der Waals surface area contributed by atoms with Crippen molar-refractivity contribution in [2.75, 3.05) is 0 Å². The van der Waals surface area contributed by atoms with Crippen LogP contribution in [0.1, 0.15) is 0 Å². The minimum Gasteiger partial charge on any atom is -0.346 e. The van der Waals surface area contributed by atoms with E-state index in [1.807, 2.05) is 0 Å². The van der Waals surface area contributed by atoms with Crippen LogP contribution in [0.25, 0.3) is 11.3 Å². The molecule has 0 radical (unpaired) electrons. The van der Waals surface area contributed by atoms with Crippen LogP contribution in [0.4, 0.5) is 8.78 Å². The summed E-state index contributed by atoms with van der Waals surface area (Å²) in [6.45, 7) is 0. The molecule has 0 saturated carbocycles. The first-order valence-electron chi connectivity index (χ1n) is 4.31. The Balaban J connectivity index is 2.55. The van der Waals surface area contributed by atoms with Crippen molar-refractivity contribution in [2.24, 2.45) is 0 Å². The fraction of sp³-hybridized carbons (Fsp3) is 0. The first-order valence-corrected chi connectivity index (χ1v) is 4.72. The highest BCUT2D eigenvalue weighted by atomic mass is 32.1. The summed E-state index contributed by atoms with van der Waals surface area (Å²) >= 11 is 4.93. The average molecular weight is 223 g/mol. The Labute approximate surface area is 90.4 Å². The second-order valence-electron chi connectivity index (χ2n) is 3.06. The summed E-state index contributed by atoms with van der Waals surface area (Å²) in [6.07, 6.45) is 0. The predicted molar refractivity (Wildman–Crippen MR) is 57.0 cm³/mol. The number of hydrogen-bond acceptors (Lipinski definition) is 1. The first kappa shape index (κ1) is 9.98. The van der Waals surface area contributed by atoms with Crippen LogP contribution in [-0.4, -0.2) is 4.98 Å². The molecule has 0 aliphatic rings. The number of halogens is 2. The molecule has 15 heavy (non-hydrogen) atoms. The molecule has 0 spiro atoms. The van der Waals surface area contributed by atoms with Crippen molar-refractivity contribution >= 4 is 12.2 Å². The lowest BCUT2D eigenvalue weighted by Crippen LogP contribution is -1.87. The molecule has 0 atom stereocenters. The van der Waals surface area contributed by atoms with Crippen molar-refractivity contribution in [3.05, 3.63) is 52.7 Å². The fourth-order valence-corrected chi connectivity index (χ4v) is 1.47. The molecule has 1 N–H and O–H groups in total. The van der Waals surface area contributed by atoms with E-state index in [0.29, 0.717) is 15.9 Å². The van der Waals surface area contributed by atoms with Crippen LogP contribution in [0.15, 0.2) is 36.4 Å². The van der Waals surface area contributed by atoms with Crippen molar-refractivity contribution in [1.29, 1.82) is 0 Å². The molecule has 1 aromatic heterocycles. The maximum atomic E-state index is 13.0. The maximum absolute atomic E-state index is 13.0. The first-order chi connectivity index (χ1) is 7.16. The van der Waals surface area contributed by atoms with Gasteiger partial charge in [-0.05, 0) is 30.3 Å². The van der Waals surface area contributed by atoms with Gasteiger partial charge in [-0.3, -0.25) is 0 Å². The van der Waals surface area contributed by atoms with Crippen LogP contribution in [0.3, 0.4) is 0 Å². The zero-order valence-corrected chi connectivity index (χ0v) is 8.44. The number of H-pyrrole nitrogens is 1. The lowest BCUT2D eigenvalue weighted by Gasteiger charge is -2.02. The summed E-state index contributed by atoms with van der Waals surface area (Å²) < 4.78 is 26.2. The van der Waals surface area contributed by atoms with Crippen LogP contribution in [0.2, 0.25) is 0 Å². The molecule has 1 nitrogen and oxygen atoms in total. The summed E-state index contributed by atoms with van der Waals surface area (Å²) in [4.78, 5) is 2.90. The summed E-state index contributed by atoms with van der Waals surface area (Å²) in [6, 6.07) is 8.96. The SMILES string of the molecule is Fc1ccc(-c2cccc(=S)[nH]2)cc1F. The number of aromatic nitrogens is 1. The van der Waals surface area contributed by atoms with Crippen molar-refractivity contribution < 1.29 is 8.78 Å². The Morgan fingerprint density at radius 2 is 1.80 bits per heavy atom. The van der Waals surface area contributed by atoms with Gasteiger partial charge < -0.3 is 4.98 Å². The molecule has 2 rings (SSSR count). The van der Waals surface area contributed by atoms with Crippen molar-refractivity contribution in [2.45, 2.75) is 0 Å². The molecule has 0 amide bonds. The van der Waals surface area contributed by atoms with E-state index in [-0.39, 0.29) is 0 Å². The van der Waals surface area contributed by atoms with Gasteiger partial charge in [0.25, 0.3) is 0 Å². The van der Waals surface area contributed by atoms with Crippen LogP contribution in [-0.2, 0) is 0 Å². The number of aromatic amines is 1. The highest BCUT2D eigenvalue weighted by Crippen LogP contribution is 2.19. The zero-order valence-electron chi connectivity index (χ0n) is 7.63. The summed E-state index contributed by atoms with van der Waals surface area (Å²) in [5, 5.41) is 0. The Hall–Kier alpha value is -1.55. The van der Waals surface area contributed by atoms with E-state index in [4.69, 9.17) is 12.2 Å². The summed E-state index contributed by atoms with van der Waals surface area (Å²) in [5.74, 6) is -1.72. The Bertz CT molecular complexity index is 548. The minimum atomic E-state index is -0.865. The van der Waals surface area contributed by atoms with E-state index in [2.05, 4.69) is 4.98 Å². The van der Waals surface area contributed by atoms with E-state index < -0.39 is 11.6 Å². The van der Waals surface area contributed by atoms with Gasteiger partial charge in [-0.25, -0.2) is 8.78 Å². The van der Waals surface area contributed by atoms with Gasteiger partial charge in [-0.1, -0.05) is 18.3 Å². The molecule has 4 heteroatoms. The van der Waals surface area contributed by atoms with Gasteiger partial charge in [-0.15, -0.1) is 0 Å². The Kier molecular flexibility index (Phi) is 2.60. The Morgan fingerprint density at radius 1 is 1.00 bits per heavy atom. The lowest BCUT2D eigenvalue weighted by atomic mass is 10.1. The van der Waals surface area contributed by atoms with Gasteiger partial charge in [-0.2, -0.15) is 0 Å². The number of hydrogen-bond donors (Lipinski definition) is 1. The molecule has 76 valence electrons. The third kappa shape index (κ3) is 2.10. The van der Waals surface area contributed by atoms with E-state index in [0.717, 1.165) is 12.1 Å². The van der Waals surface area contributed by atoms with E-state index >= 15 is 0 Å². The standard InChI is InChI=1S/C11H7F2NS/c12-8-5-4-7(6-9(8)13)10-2-1-3-11(15)14-10/h1-6H,(H,14,15). The largest absolute Gasteiger partial charge is 0.346 e. The molecular formula is C11H7F2NS. The maximum Gasteiger partial charge on any atom is 0.159 e. The molecule has 0 aliphatic carbocycles. The quantitative estimate of drug-likeness (QED) is 0.729. The van der Waals surface area contributed by atoms with Crippen molar-refractivity contribution in [3.8, 4) is 11.3 Å². The van der Waals surface area contributed by atoms with Gasteiger partial charge >= 0.3 is 0 Å². The molecule has 0 bridgehead atoms. The Morgan fingerprint density at radius 3 is 2.47 bits per heavy atom. The molecule has 0 saturated heterocycles. The molecule has 0 aliphatic heterocycles. The molecule has 1 aromatic carbocycles. The monoisotopic (exact) mass is 223 g/mol. The van der Waals surface area contributed by atoms with Crippen LogP contribution >= 0.6 is 12.2 Å². The number of nitrogens with one attached hydrogen (secondary N) is 1. The molecule has 2 aromatic rings. The third-order valence-corrected chi connectivity index (χ3v) is 2.24. The van der Waals surface area contributed by atoms with E-state index in [9.17, 15) is 8.78 Å². The summed E-state index contributed by atoms with van der Waals surface area (Å²) in [5.41, 5.74) is 1.24. The van der Waals surface area contributed by atoms with Gasteiger partial charge in [0.05, 0.1) is 0 Å². The molecule has 1 heterocycles. The average Bonchev–Trinajstić information content (AvgIpc) is 2.22. The molecule has 0 fully saturated rings. The summed E-state index contributed by atoms with van der Waals surface area (Å²) in [7, 11) is 0. The smallest absolute Gasteiger partial charge is 0.159 e.